The average Bonchev–Trinajstić information content (AvgIpc) is 1.63. The van der Waals surface area contributed by atoms with Gasteiger partial charge in [0, 0.05) is 6.42 Å². The highest BCUT2D eigenvalue weighted by molar-refractivity contribution is 4.46. The Kier molecular flexibility index (Phi) is 3.77. The molecule has 3 nitrogen and oxygen atoms in total. The summed E-state index contributed by atoms with van der Waals surface area (Å²) in [6.07, 6.45) is 2.38. The van der Waals surface area contributed by atoms with Gasteiger partial charge in [0.2, 0.25) is 0 Å². The van der Waals surface area contributed by atoms with Crippen molar-refractivity contribution >= 4 is 0 Å². The van der Waals surface area contributed by atoms with Crippen molar-refractivity contribution in [1.82, 2.24) is 0 Å². The summed E-state index contributed by atoms with van der Waals surface area (Å²) in [5, 5.41) is 26.6. The molecule has 0 aliphatic heterocycles. The summed E-state index contributed by atoms with van der Waals surface area (Å²) in [6.45, 7) is 1.99. The van der Waals surface area contributed by atoms with Gasteiger partial charge in [-0.05, 0) is 6.42 Å². The Hall–Kier alpha value is -0.120. The van der Waals surface area contributed by atoms with Gasteiger partial charge < -0.3 is 10.2 Å². The van der Waals surface area contributed by atoms with Crippen LogP contribution in [-0.2, 0) is 5.11 Å². The van der Waals surface area contributed by atoms with Crippen molar-refractivity contribution < 1.29 is 15.3 Å². The van der Waals surface area contributed by atoms with Crippen LogP contribution < -0.4 is 0 Å². The molecule has 2 N–H and O–H groups in total. The van der Waals surface area contributed by atoms with Crippen LogP contribution in [-0.4, -0.2) is 16.2 Å². The van der Waals surface area contributed by atoms with E-state index in [0.717, 1.165) is 12.8 Å². The number of aliphatic hydroxyl groups is 2. The lowest BCUT2D eigenvalue weighted by Crippen LogP contribution is -2.24. The zero-order valence-electron chi connectivity index (χ0n) is 5.63. The summed E-state index contributed by atoms with van der Waals surface area (Å²) in [6, 6.07) is 0. The molecule has 9 heavy (non-hydrogen) atoms. The molecule has 0 unspecified atom stereocenters. The molecular weight excluding hydrogens is 120 g/mol. The van der Waals surface area contributed by atoms with Gasteiger partial charge in [-0.15, -0.1) is 0 Å². The molecule has 0 heterocycles. The van der Waals surface area contributed by atoms with Gasteiger partial charge in [0.25, 0.3) is 0 Å². The second-order valence-electron chi connectivity index (χ2n) is 2.20. The third-order valence-corrected chi connectivity index (χ3v) is 1.11. The van der Waals surface area contributed by atoms with E-state index in [0.29, 0.717) is 6.42 Å². The molecule has 0 rings (SSSR count). The molecule has 0 aliphatic carbocycles. The van der Waals surface area contributed by atoms with Crippen molar-refractivity contribution in [3.63, 3.8) is 0 Å². The van der Waals surface area contributed by atoms with E-state index in [-0.39, 0.29) is 6.42 Å². The van der Waals surface area contributed by atoms with Gasteiger partial charge >= 0.3 is 5.97 Å². The molecule has 3 heteroatoms. The summed E-state index contributed by atoms with van der Waals surface area (Å²) in [4.78, 5) is 0. The summed E-state index contributed by atoms with van der Waals surface area (Å²) < 4.78 is 0. The lowest BCUT2D eigenvalue weighted by atomic mass is 10.2. The van der Waals surface area contributed by atoms with E-state index >= 15 is 0 Å². The fourth-order valence-corrected chi connectivity index (χ4v) is 0.605. The van der Waals surface area contributed by atoms with Gasteiger partial charge in [0.15, 0.2) is 0 Å². The molecule has 0 saturated carbocycles. The van der Waals surface area contributed by atoms with Crippen LogP contribution in [0.2, 0.25) is 0 Å². The lowest BCUT2D eigenvalue weighted by molar-refractivity contribution is -0.347. The molecular formula is C6H13O3. The van der Waals surface area contributed by atoms with Crippen molar-refractivity contribution in [2.45, 2.75) is 38.6 Å². The maximum absolute atomic E-state index is 10.1. The topological polar surface area (TPSA) is 60.4 Å². The zero-order chi connectivity index (χ0) is 7.33. The molecule has 0 bridgehead atoms. The highest BCUT2D eigenvalue weighted by atomic mass is 16.7. The van der Waals surface area contributed by atoms with Crippen LogP contribution in [0.4, 0.5) is 0 Å². The second kappa shape index (κ2) is 3.82. The van der Waals surface area contributed by atoms with E-state index in [1.807, 2.05) is 6.92 Å². The van der Waals surface area contributed by atoms with Crippen LogP contribution in [0, 0.1) is 0 Å². The Balaban J connectivity index is 3.07. The normalized spacial score (nSPS) is 12.0. The largest absolute Gasteiger partial charge is 0.342 e. The highest BCUT2D eigenvalue weighted by Crippen LogP contribution is 2.08. The molecule has 1 radical (unpaired) electrons. The Morgan fingerprint density at radius 1 is 1.33 bits per heavy atom. The maximum Gasteiger partial charge on any atom is 0.307 e. The van der Waals surface area contributed by atoms with Crippen molar-refractivity contribution in [3.05, 3.63) is 0 Å². The molecule has 0 amide bonds. The first-order valence-electron chi connectivity index (χ1n) is 3.21. The minimum Gasteiger partial charge on any atom is -0.342 e. The van der Waals surface area contributed by atoms with E-state index < -0.39 is 5.97 Å². The summed E-state index contributed by atoms with van der Waals surface area (Å²) >= 11 is 0. The molecule has 0 aromatic rings. The Morgan fingerprint density at radius 2 is 1.89 bits per heavy atom. The van der Waals surface area contributed by atoms with Crippen LogP contribution in [0.5, 0.6) is 0 Å². The summed E-state index contributed by atoms with van der Waals surface area (Å²) in [5.74, 6) is -2.70. The Labute approximate surface area is 54.9 Å². The van der Waals surface area contributed by atoms with Crippen LogP contribution >= 0.6 is 0 Å². The second-order valence-corrected chi connectivity index (χ2v) is 2.20. The molecule has 55 valence electrons. The number of unbranched alkanes of at least 4 members (excludes halogenated alkanes) is 2. The molecule has 0 atom stereocenters. The maximum atomic E-state index is 10.1. The van der Waals surface area contributed by atoms with E-state index in [1.165, 1.54) is 0 Å². The van der Waals surface area contributed by atoms with Crippen LogP contribution in [0.1, 0.15) is 32.6 Å². The van der Waals surface area contributed by atoms with Crippen LogP contribution in [0.15, 0.2) is 0 Å². The van der Waals surface area contributed by atoms with Crippen molar-refractivity contribution in [2.24, 2.45) is 0 Å². The standard InChI is InChI=1S/C6H13O3/c1-2-3-4-5-6(7,8)9/h7-8H,2-5H2,1H3. The SMILES string of the molecule is CCCCCC([O])(O)O. The van der Waals surface area contributed by atoms with Gasteiger partial charge in [0.1, 0.15) is 0 Å². The van der Waals surface area contributed by atoms with E-state index in [2.05, 4.69) is 0 Å². The van der Waals surface area contributed by atoms with E-state index in [4.69, 9.17) is 10.2 Å². The predicted molar refractivity (Wildman–Crippen MR) is 32.0 cm³/mol. The quantitative estimate of drug-likeness (QED) is 0.436. The fourth-order valence-electron chi connectivity index (χ4n) is 0.605. The summed E-state index contributed by atoms with van der Waals surface area (Å²) in [7, 11) is 0. The monoisotopic (exact) mass is 133 g/mol. The number of hydrogen-bond donors (Lipinski definition) is 2. The summed E-state index contributed by atoms with van der Waals surface area (Å²) in [5.41, 5.74) is 0. The first kappa shape index (κ1) is 8.88. The van der Waals surface area contributed by atoms with Crippen LogP contribution in [0.3, 0.4) is 0 Å². The third-order valence-electron chi connectivity index (χ3n) is 1.11. The smallest absolute Gasteiger partial charge is 0.307 e. The highest BCUT2D eigenvalue weighted by Gasteiger charge is 2.18. The minimum absolute atomic E-state index is 0.0686. The molecule has 0 aromatic heterocycles. The molecule has 0 saturated heterocycles. The first-order valence-corrected chi connectivity index (χ1v) is 3.21. The Morgan fingerprint density at radius 3 is 2.22 bits per heavy atom. The molecule has 0 fully saturated rings. The fraction of sp³-hybridized carbons (Fsp3) is 1.00. The van der Waals surface area contributed by atoms with E-state index in [9.17, 15) is 5.11 Å². The minimum atomic E-state index is -2.70. The van der Waals surface area contributed by atoms with Gasteiger partial charge in [-0.3, -0.25) is 0 Å². The van der Waals surface area contributed by atoms with Crippen molar-refractivity contribution in [2.75, 3.05) is 0 Å². The van der Waals surface area contributed by atoms with Gasteiger partial charge in [0.05, 0.1) is 0 Å². The zero-order valence-corrected chi connectivity index (χ0v) is 5.63. The molecule has 0 aliphatic rings. The van der Waals surface area contributed by atoms with E-state index in [1.54, 1.807) is 0 Å². The number of rotatable bonds is 4. The number of hydrogen-bond acceptors (Lipinski definition) is 2. The van der Waals surface area contributed by atoms with Gasteiger partial charge in [-0.2, -0.15) is 5.11 Å². The average molecular weight is 133 g/mol. The van der Waals surface area contributed by atoms with Gasteiger partial charge in [-0.1, -0.05) is 19.8 Å². The lowest BCUT2D eigenvalue weighted by Gasteiger charge is -2.09. The van der Waals surface area contributed by atoms with Crippen molar-refractivity contribution in [1.29, 1.82) is 0 Å². The molecule has 0 aromatic carbocycles. The predicted octanol–water partition coefficient (Wildman–Crippen LogP) is 0.636. The third kappa shape index (κ3) is 7.88. The first-order chi connectivity index (χ1) is 4.06. The van der Waals surface area contributed by atoms with Gasteiger partial charge in [-0.25, -0.2) is 0 Å². The van der Waals surface area contributed by atoms with Crippen LogP contribution in [0.25, 0.3) is 0 Å². The molecule has 0 spiro atoms. The Bertz CT molecular complexity index is 65.2. The van der Waals surface area contributed by atoms with Crippen molar-refractivity contribution in [3.8, 4) is 0 Å².